The third-order valence-corrected chi connectivity index (χ3v) is 4.41. The van der Waals surface area contributed by atoms with Gasteiger partial charge in [-0.2, -0.15) is 5.26 Å². The molecule has 0 fully saturated rings. The molecular weight excluding hydrogens is 324 g/mol. The quantitative estimate of drug-likeness (QED) is 0.559. The van der Waals surface area contributed by atoms with Gasteiger partial charge >= 0.3 is 0 Å². The standard InChI is InChI=1S/C21H16N4O/c1-14-3-7-17(8-4-14)20-18(16-9-5-15(12-22)6-10-16)11-19(26-2)21-24-23-13-25(20)21/h3-11,13H,1-2H3. The van der Waals surface area contributed by atoms with E-state index in [1.807, 2.05) is 34.7 Å². The zero-order valence-electron chi connectivity index (χ0n) is 14.5. The predicted octanol–water partition coefficient (Wildman–Crippen LogP) is 4.25. The number of benzene rings is 2. The number of nitrogens with zero attached hydrogens (tertiary/aromatic N) is 4. The largest absolute Gasteiger partial charge is 0.493 e. The van der Waals surface area contributed by atoms with E-state index in [-0.39, 0.29) is 0 Å². The van der Waals surface area contributed by atoms with Crippen LogP contribution in [0.15, 0.2) is 60.9 Å². The zero-order valence-corrected chi connectivity index (χ0v) is 14.5. The summed E-state index contributed by atoms with van der Waals surface area (Å²) in [5.41, 5.74) is 6.51. The summed E-state index contributed by atoms with van der Waals surface area (Å²) in [5.74, 6) is 0.651. The molecule has 0 aliphatic carbocycles. The first-order chi connectivity index (χ1) is 12.7. The Bertz CT molecular complexity index is 1120. The number of fused-ring (bicyclic) bond motifs is 1. The first-order valence-corrected chi connectivity index (χ1v) is 8.19. The van der Waals surface area contributed by atoms with E-state index in [0.29, 0.717) is 17.0 Å². The van der Waals surface area contributed by atoms with Crippen molar-refractivity contribution in [3.63, 3.8) is 0 Å². The SMILES string of the molecule is COc1cc(-c2ccc(C#N)cc2)c(-c2ccc(C)cc2)n2cnnc12. The number of methoxy groups -OCH3 is 1. The van der Waals surface area contributed by atoms with E-state index in [4.69, 9.17) is 10.00 Å². The third-order valence-electron chi connectivity index (χ3n) is 4.41. The Morgan fingerprint density at radius 3 is 2.35 bits per heavy atom. The van der Waals surface area contributed by atoms with Crippen LogP contribution in [-0.4, -0.2) is 21.7 Å². The summed E-state index contributed by atoms with van der Waals surface area (Å²) in [6.45, 7) is 2.06. The molecule has 0 aliphatic rings. The van der Waals surface area contributed by atoms with Crippen molar-refractivity contribution < 1.29 is 4.74 Å². The molecule has 0 aliphatic heterocycles. The van der Waals surface area contributed by atoms with E-state index >= 15 is 0 Å². The van der Waals surface area contributed by atoms with Gasteiger partial charge in [-0.1, -0.05) is 42.0 Å². The Hall–Kier alpha value is -3.65. The number of nitriles is 1. The number of hydrogen-bond acceptors (Lipinski definition) is 4. The van der Waals surface area contributed by atoms with Gasteiger partial charge in [0, 0.05) is 5.56 Å². The van der Waals surface area contributed by atoms with Crippen LogP contribution in [0, 0.1) is 18.3 Å². The number of rotatable bonds is 3. The molecule has 4 aromatic rings. The van der Waals surface area contributed by atoms with Crippen LogP contribution in [-0.2, 0) is 0 Å². The average molecular weight is 340 g/mol. The van der Waals surface area contributed by atoms with Crippen molar-refractivity contribution in [3.8, 4) is 34.2 Å². The highest BCUT2D eigenvalue weighted by molar-refractivity contribution is 5.85. The summed E-state index contributed by atoms with van der Waals surface area (Å²) in [4.78, 5) is 0. The van der Waals surface area contributed by atoms with Gasteiger partial charge in [0.15, 0.2) is 5.75 Å². The maximum atomic E-state index is 9.06. The molecule has 26 heavy (non-hydrogen) atoms. The summed E-state index contributed by atoms with van der Waals surface area (Å²) in [6, 6.07) is 20.0. The topological polar surface area (TPSA) is 63.2 Å². The van der Waals surface area contributed by atoms with Gasteiger partial charge < -0.3 is 4.74 Å². The molecule has 2 aromatic heterocycles. The van der Waals surface area contributed by atoms with Gasteiger partial charge in [-0.3, -0.25) is 4.40 Å². The molecule has 0 N–H and O–H groups in total. The van der Waals surface area contributed by atoms with Gasteiger partial charge in [-0.25, -0.2) is 0 Å². The molecule has 5 nitrogen and oxygen atoms in total. The summed E-state index contributed by atoms with van der Waals surface area (Å²) >= 11 is 0. The first-order valence-electron chi connectivity index (χ1n) is 8.19. The van der Waals surface area contributed by atoms with Gasteiger partial charge in [0.2, 0.25) is 5.65 Å². The number of pyridine rings is 1. The molecular formula is C21H16N4O. The normalized spacial score (nSPS) is 10.7. The Morgan fingerprint density at radius 2 is 1.69 bits per heavy atom. The van der Waals surface area contributed by atoms with Crippen LogP contribution < -0.4 is 4.74 Å². The third kappa shape index (κ3) is 2.58. The van der Waals surface area contributed by atoms with Gasteiger partial charge in [0.1, 0.15) is 6.33 Å². The van der Waals surface area contributed by atoms with Crippen molar-refractivity contribution in [3.05, 3.63) is 72.1 Å². The van der Waals surface area contributed by atoms with Crippen molar-refractivity contribution in [1.29, 1.82) is 5.26 Å². The smallest absolute Gasteiger partial charge is 0.203 e. The average Bonchev–Trinajstić information content (AvgIpc) is 3.17. The van der Waals surface area contributed by atoms with E-state index in [2.05, 4.69) is 47.5 Å². The van der Waals surface area contributed by atoms with Crippen molar-refractivity contribution in [2.45, 2.75) is 6.92 Å². The minimum atomic E-state index is 0.628. The Labute approximate surface area is 151 Å². The molecule has 5 heteroatoms. The number of aromatic nitrogens is 3. The van der Waals surface area contributed by atoms with Gasteiger partial charge in [0.25, 0.3) is 0 Å². The van der Waals surface area contributed by atoms with E-state index in [9.17, 15) is 0 Å². The lowest BCUT2D eigenvalue weighted by molar-refractivity contribution is 0.417. The van der Waals surface area contributed by atoms with Crippen LogP contribution in [0.3, 0.4) is 0 Å². The van der Waals surface area contributed by atoms with Gasteiger partial charge in [-0.05, 0) is 36.2 Å². The maximum Gasteiger partial charge on any atom is 0.203 e. The van der Waals surface area contributed by atoms with Crippen molar-refractivity contribution in [1.82, 2.24) is 14.6 Å². The second-order valence-electron chi connectivity index (χ2n) is 6.05. The Balaban J connectivity index is 2.05. The van der Waals surface area contributed by atoms with E-state index < -0.39 is 0 Å². The highest BCUT2D eigenvalue weighted by Gasteiger charge is 2.17. The zero-order chi connectivity index (χ0) is 18.1. The second-order valence-corrected chi connectivity index (χ2v) is 6.05. The fraction of sp³-hybridized carbons (Fsp3) is 0.0952. The Kier molecular flexibility index (Phi) is 3.86. The maximum absolute atomic E-state index is 9.06. The Morgan fingerprint density at radius 1 is 1.00 bits per heavy atom. The summed E-state index contributed by atoms with van der Waals surface area (Å²) in [7, 11) is 1.62. The van der Waals surface area contributed by atoms with E-state index in [1.54, 1.807) is 13.4 Å². The monoisotopic (exact) mass is 340 g/mol. The van der Waals surface area contributed by atoms with Gasteiger partial charge in [0.05, 0.1) is 24.4 Å². The molecule has 126 valence electrons. The summed E-state index contributed by atoms with van der Waals surface area (Å²) in [5, 5.41) is 17.3. The lowest BCUT2D eigenvalue weighted by Crippen LogP contribution is -1.98. The number of ether oxygens (including phenoxy) is 1. The highest BCUT2D eigenvalue weighted by atomic mass is 16.5. The molecule has 0 radical (unpaired) electrons. The fourth-order valence-electron chi connectivity index (χ4n) is 3.06. The van der Waals surface area contributed by atoms with Crippen molar-refractivity contribution in [2.24, 2.45) is 0 Å². The molecule has 0 saturated carbocycles. The second kappa shape index (κ2) is 6.34. The first kappa shape index (κ1) is 15.9. The summed E-state index contributed by atoms with van der Waals surface area (Å²) in [6.07, 6.45) is 1.69. The van der Waals surface area contributed by atoms with Gasteiger partial charge in [-0.15, -0.1) is 10.2 Å². The predicted molar refractivity (Wildman–Crippen MR) is 99.9 cm³/mol. The molecule has 0 saturated heterocycles. The van der Waals surface area contributed by atoms with Crippen LogP contribution in [0.2, 0.25) is 0 Å². The minimum Gasteiger partial charge on any atom is -0.493 e. The lowest BCUT2D eigenvalue weighted by Gasteiger charge is -2.15. The molecule has 0 amide bonds. The molecule has 0 unspecified atom stereocenters. The molecule has 4 rings (SSSR count). The van der Waals surface area contributed by atoms with E-state index in [0.717, 1.165) is 22.4 Å². The van der Waals surface area contributed by atoms with Crippen LogP contribution >= 0.6 is 0 Å². The van der Waals surface area contributed by atoms with Crippen LogP contribution in [0.5, 0.6) is 5.75 Å². The van der Waals surface area contributed by atoms with Crippen LogP contribution in [0.1, 0.15) is 11.1 Å². The van der Waals surface area contributed by atoms with E-state index in [1.165, 1.54) is 5.56 Å². The molecule has 2 heterocycles. The molecule has 0 spiro atoms. The minimum absolute atomic E-state index is 0.628. The highest BCUT2D eigenvalue weighted by Crippen LogP contribution is 2.37. The van der Waals surface area contributed by atoms with Crippen molar-refractivity contribution in [2.75, 3.05) is 7.11 Å². The molecule has 0 bridgehead atoms. The number of aryl methyl sites for hydroxylation is 1. The lowest BCUT2D eigenvalue weighted by atomic mass is 9.97. The number of hydrogen-bond donors (Lipinski definition) is 0. The molecule has 2 aromatic carbocycles. The van der Waals surface area contributed by atoms with Crippen LogP contribution in [0.25, 0.3) is 28.0 Å². The molecule has 0 atom stereocenters. The fourth-order valence-corrected chi connectivity index (χ4v) is 3.06. The van der Waals surface area contributed by atoms with Crippen molar-refractivity contribution >= 4 is 5.65 Å². The summed E-state index contributed by atoms with van der Waals surface area (Å²) < 4.78 is 7.47. The van der Waals surface area contributed by atoms with Crippen LogP contribution in [0.4, 0.5) is 0 Å².